The van der Waals surface area contributed by atoms with Gasteiger partial charge in [0.2, 0.25) is 23.7 Å². The summed E-state index contributed by atoms with van der Waals surface area (Å²) in [6.07, 6.45) is 3.14. The average Bonchev–Trinajstić information content (AvgIpc) is 3.00. The molecule has 0 aliphatic carbocycles. The number of aromatic amines is 1. The standard InChI is InChI=1S/C14H19N7O2/c1-9-16-13(20-19-9)18-12(22)10-4-7-21(8-5-10)14-15-6-3-11(17-14)23-2/h3,6,10H,4-5,7-8H2,1-2H3,(H2,16,18,19,20,22). The van der Waals surface area contributed by atoms with Crippen LogP contribution < -0.4 is 15.0 Å². The molecule has 3 heterocycles. The molecule has 0 radical (unpaired) electrons. The smallest absolute Gasteiger partial charge is 0.248 e. The second kappa shape index (κ2) is 6.59. The third-order valence-corrected chi connectivity index (χ3v) is 3.81. The van der Waals surface area contributed by atoms with Crippen molar-refractivity contribution >= 4 is 17.8 Å². The molecule has 1 amide bonds. The van der Waals surface area contributed by atoms with Crippen molar-refractivity contribution in [2.45, 2.75) is 19.8 Å². The summed E-state index contributed by atoms with van der Waals surface area (Å²) in [6, 6.07) is 1.71. The van der Waals surface area contributed by atoms with Crippen LogP contribution in [0.4, 0.5) is 11.9 Å². The molecule has 0 aromatic carbocycles. The Kier molecular flexibility index (Phi) is 4.35. The Morgan fingerprint density at radius 1 is 1.39 bits per heavy atom. The van der Waals surface area contributed by atoms with Crippen LogP contribution >= 0.6 is 0 Å². The number of nitrogens with zero attached hydrogens (tertiary/aromatic N) is 5. The van der Waals surface area contributed by atoms with Gasteiger partial charge in [-0.25, -0.2) is 4.98 Å². The van der Waals surface area contributed by atoms with Crippen molar-refractivity contribution in [2.24, 2.45) is 5.92 Å². The molecule has 1 aliphatic rings. The molecule has 0 bridgehead atoms. The van der Waals surface area contributed by atoms with Gasteiger partial charge in [-0.3, -0.25) is 15.2 Å². The summed E-state index contributed by atoms with van der Waals surface area (Å²) in [4.78, 5) is 27.0. The SMILES string of the molecule is COc1ccnc(N2CCC(C(=O)Nc3n[nH]c(C)n3)CC2)n1. The number of aryl methyl sites for hydroxylation is 1. The molecule has 0 atom stereocenters. The van der Waals surface area contributed by atoms with E-state index in [1.54, 1.807) is 26.3 Å². The van der Waals surface area contributed by atoms with Crippen LogP contribution in [-0.4, -0.2) is 51.3 Å². The molecule has 9 nitrogen and oxygen atoms in total. The van der Waals surface area contributed by atoms with E-state index in [1.165, 1.54) is 0 Å². The van der Waals surface area contributed by atoms with E-state index in [2.05, 4.69) is 35.4 Å². The summed E-state index contributed by atoms with van der Waals surface area (Å²) >= 11 is 0. The summed E-state index contributed by atoms with van der Waals surface area (Å²) in [7, 11) is 1.58. The minimum absolute atomic E-state index is 0.0461. The van der Waals surface area contributed by atoms with Gasteiger partial charge in [0.25, 0.3) is 0 Å². The maximum Gasteiger partial charge on any atom is 0.248 e. The predicted molar refractivity (Wildman–Crippen MR) is 83.3 cm³/mol. The van der Waals surface area contributed by atoms with Crippen molar-refractivity contribution < 1.29 is 9.53 Å². The maximum atomic E-state index is 12.2. The molecular weight excluding hydrogens is 298 g/mol. The Morgan fingerprint density at radius 2 is 2.17 bits per heavy atom. The van der Waals surface area contributed by atoms with Crippen molar-refractivity contribution in [3.63, 3.8) is 0 Å². The van der Waals surface area contributed by atoms with E-state index in [1.807, 2.05) is 0 Å². The van der Waals surface area contributed by atoms with Gasteiger partial charge in [-0.2, -0.15) is 9.97 Å². The third-order valence-electron chi connectivity index (χ3n) is 3.81. The van der Waals surface area contributed by atoms with E-state index < -0.39 is 0 Å². The lowest BCUT2D eigenvalue weighted by atomic mass is 9.96. The highest BCUT2D eigenvalue weighted by Crippen LogP contribution is 2.22. The van der Waals surface area contributed by atoms with Gasteiger partial charge < -0.3 is 9.64 Å². The number of aromatic nitrogens is 5. The third kappa shape index (κ3) is 3.55. The summed E-state index contributed by atoms with van der Waals surface area (Å²) < 4.78 is 5.11. The molecule has 0 unspecified atom stereocenters. The van der Waals surface area contributed by atoms with Crippen LogP contribution in [0.15, 0.2) is 12.3 Å². The first-order chi connectivity index (χ1) is 11.2. The first-order valence-corrected chi connectivity index (χ1v) is 7.47. The van der Waals surface area contributed by atoms with Crippen LogP contribution in [0.3, 0.4) is 0 Å². The number of amides is 1. The molecule has 0 saturated carbocycles. The molecule has 1 fully saturated rings. The van der Waals surface area contributed by atoms with Gasteiger partial charge in [0, 0.05) is 31.3 Å². The zero-order valence-electron chi connectivity index (χ0n) is 13.1. The number of hydrogen-bond acceptors (Lipinski definition) is 7. The van der Waals surface area contributed by atoms with Crippen molar-refractivity contribution in [2.75, 3.05) is 30.4 Å². The van der Waals surface area contributed by atoms with E-state index in [-0.39, 0.29) is 11.8 Å². The lowest BCUT2D eigenvalue weighted by Crippen LogP contribution is -2.39. The lowest BCUT2D eigenvalue weighted by Gasteiger charge is -2.31. The number of ether oxygens (including phenoxy) is 1. The number of H-pyrrole nitrogens is 1. The fourth-order valence-electron chi connectivity index (χ4n) is 2.55. The molecule has 1 aliphatic heterocycles. The van der Waals surface area contributed by atoms with Crippen molar-refractivity contribution in [3.8, 4) is 5.88 Å². The number of methoxy groups -OCH3 is 1. The van der Waals surface area contributed by atoms with Gasteiger partial charge in [0.15, 0.2) is 0 Å². The second-order valence-corrected chi connectivity index (χ2v) is 5.39. The van der Waals surface area contributed by atoms with Gasteiger partial charge in [0.05, 0.1) is 7.11 Å². The summed E-state index contributed by atoms with van der Waals surface area (Å²) in [5.41, 5.74) is 0. The van der Waals surface area contributed by atoms with E-state index in [0.717, 1.165) is 25.9 Å². The predicted octanol–water partition coefficient (Wildman–Crippen LogP) is 0.767. The Bertz CT molecular complexity index is 679. The average molecular weight is 317 g/mol. The minimum atomic E-state index is -0.0596. The molecular formula is C14H19N7O2. The first-order valence-electron chi connectivity index (χ1n) is 7.47. The Morgan fingerprint density at radius 3 is 2.83 bits per heavy atom. The molecule has 3 rings (SSSR count). The number of piperidine rings is 1. The number of hydrogen-bond donors (Lipinski definition) is 2. The fourth-order valence-corrected chi connectivity index (χ4v) is 2.55. The second-order valence-electron chi connectivity index (χ2n) is 5.39. The highest BCUT2D eigenvalue weighted by atomic mass is 16.5. The number of nitrogens with one attached hydrogen (secondary N) is 2. The van der Waals surface area contributed by atoms with Crippen LogP contribution in [0.1, 0.15) is 18.7 Å². The van der Waals surface area contributed by atoms with Gasteiger partial charge in [0.1, 0.15) is 5.82 Å². The highest BCUT2D eigenvalue weighted by molar-refractivity contribution is 5.91. The van der Waals surface area contributed by atoms with Crippen LogP contribution in [-0.2, 0) is 4.79 Å². The van der Waals surface area contributed by atoms with E-state index in [0.29, 0.717) is 23.6 Å². The molecule has 2 aromatic heterocycles. The van der Waals surface area contributed by atoms with E-state index >= 15 is 0 Å². The monoisotopic (exact) mass is 317 g/mol. The molecule has 9 heteroatoms. The molecule has 0 spiro atoms. The zero-order valence-corrected chi connectivity index (χ0v) is 13.1. The van der Waals surface area contributed by atoms with Crippen LogP contribution in [0.2, 0.25) is 0 Å². The summed E-state index contributed by atoms with van der Waals surface area (Å²) in [5, 5.41) is 9.37. The van der Waals surface area contributed by atoms with Crippen molar-refractivity contribution in [1.29, 1.82) is 0 Å². The topological polar surface area (TPSA) is 109 Å². The van der Waals surface area contributed by atoms with Gasteiger partial charge >= 0.3 is 0 Å². The Hall–Kier alpha value is -2.71. The number of carbonyl (C=O) groups excluding carboxylic acids is 1. The van der Waals surface area contributed by atoms with Gasteiger partial charge in [-0.1, -0.05) is 0 Å². The largest absolute Gasteiger partial charge is 0.481 e. The molecule has 122 valence electrons. The molecule has 2 aromatic rings. The van der Waals surface area contributed by atoms with Crippen LogP contribution in [0.5, 0.6) is 5.88 Å². The quantitative estimate of drug-likeness (QED) is 0.857. The highest BCUT2D eigenvalue weighted by Gasteiger charge is 2.27. The van der Waals surface area contributed by atoms with E-state index in [9.17, 15) is 4.79 Å². The van der Waals surface area contributed by atoms with Crippen LogP contribution in [0.25, 0.3) is 0 Å². The minimum Gasteiger partial charge on any atom is -0.481 e. The fraction of sp³-hybridized carbons (Fsp3) is 0.500. The van der Waals surface area contributed by atoms with Gasteiger partial charge in [-0.15, -0.1) is 5.10 Å². The maximum absolute atomic E-state index is 12.2. The Balaban J connectivity index is 1.56. The number of rotatable bonds is 4. The number of anilines is 2. The summed E-state index contributed by atoms with van der Waals surface area (Å²) in [5.74, 6) is 2.06. The first kappa shape index (κ1) is 15.2. The lowest BCUT2D eigenvalue weighted by molar-refractivity contribution is -0.120. The van der Waals surface area contributed by atoms with Crippen LogP contribution in [0, 0.1) is 12.8 Å². The zero-order chi connectivity index (χ0) is 16.2. The normalized spacial score (nSPS) is 15.5. The Labute approximate surface area is 133 Å². The van der Waals surface area contributed by atoms with Gasteiger partial charge in [-0.05, 0) is 19.8 Å². The van der Waals surface area contributed by atoms with Crippen molar-refractivity contribution in [1.82, 2.24) is 25.1 Å². The molecule has 1 saturated heterocycles. The number of carbonyl (C=O) groups is 1. The molecule has 23 heavy (non-hydrogen) atoms. The van der Waals surface area contributed by atoms with E-state index in [4.69, 9.17) is 4.74 Å². The molecule has 2 N–H and O–H groups in total. The van der Waals surface area contributed by atoms with Crippen molar-refractivity contribution in [3.05, 3.63) is 18.1 Å². The summed E-state index contributed by atoms with van der Waals surface area (Å²) in [6.45, 7) is 3.23.